The highest BCUT2D eigenvalue weighted by Gasteiger charge is 2.33. The molecule has 0 aliphatic heterocycles. The van der Waals surface area contributed by atoms with E-state index >= 15 is 0 Å². The van der Waals surface area contributed by atoms with E-state index in [1.807, 2.05) is 0 Å². The summed E-state index contributed by atoms with van der Waals surface area (Å²) in [6, 6.07) is 9.39. The number of aromatic nitrogens is 1. The summed E-state index contributed by atoms with van der Waals surface area (Å²) in [5, 5.41) is 6.38. The Balaban J connectivity index is 1.90. The van der Waals surface area contributed by atoms with Gasteiger partial charge in [0, 0.05) is 27.7 Å². The molecule has 3 aromatic rings. The monoisotopic (exact) mass is 431 g/mol. The van der Waals surface area contributed by atoms with E-state index in [2.05, 4.69) is 15.6 Å². The normalized spacial score (nSPS) is 11.4. The SMILES string of the molecule is O=c1cc(C(F)(F)F)c2cc(NC(=S)Nc3ccc(Cl)cc3Cl)ccc2[nH]1. The van der Waals surface area contributed by atoms with Crippen molar-refractivity contribution in [2.75, 3.05) is 10.6 Å². The van der Waals surface area contributed by atoms with Crippen LogP contribution in [0.5, 0.6) is 0 Å². The molecule has 3 rings (SSSR count). The minimum Gasteiger partial charge on any atom is -0.332 e. The van der Waals surface area contributed by atoms with Gasteiger partial charge >= 0.3 is 6.18 Å². The van der Waals surface area contributed by atoms with Crippen LogP contribution in [0.4, 0.5) is 24.5 Å². The van der Waals surface area contributed by atoms with Crippen LogP contribution in [0.2, 0.25) is 10.0 Å². The number of hydrogen-bond acceptors (Lipinski definition) is 2. The van der Waals surface area contributed by atoms with E-state index in [0.717, 1.165) is 0 Å². The maximum absolute atomic E-state index is 13.2. The second-order valence-electron chi connectivity index (χ2n) is 5.51. The van der Waals surface area contributed by atoms with Gasteiger partial charge in [-0.05, 0) is 48.6 Å². The molecule has 0 fully saturated rings. The summed E-state index contributed by atoms with van der Waals surface area (Å²) in [7, 11) is 0. The van der Waals surface area contributed by atoms with E-state index in [1.165, 1.54) is 24.3 Å². The lowest BCUT2D eigenvalue weighted by Gasteiger charge is -2.14. The molecule has 0 saturated carbocycles. The van der Waals surface area contributed by atoms with Crippen LogP contribution in [-0.2, 0) is 6.18 Å². The summed E-state index contributed by atoms with van der Waals surface area (Å²) in [5.41, 5.74) is -0.989. The number of anilines is 2. The minimum atomic E-state index is -4.67. The van der Waals surface area contributed by atoms with Crippen molar-refractivity contribution in [2.45, 2.75) is 6.18 Å². The summed E-state index contributed by atoms with van der Waals surface area (Å²) in [6.07, 6.45) is -4.67. The van der Waals surface area contributed by atoms with E-state index in [0.29, 0.717) is 27.5 Å². The van der Waals surface area contributed by atoms with Gasteiger partial charge in [-0.2, -0.15) is 13.2 Å². The van der Waals surface area contributed by atoms with Gasteiger partial charge in [-0.1, -0.05) is 23.2 Å². The first-order chi connectivity index (χ1) is 12.6. The van der Waals surface area contributed by atoms with Gasteiger partial charge in [-0.25, -0.2) is 0 Å². The van der Waals surface area contributed by atoms with Crippen LogP contribution in [0.25, 0.3) is 10.9 Å². The molecule has 0 amide bonds. The molecule has 0 aliphatic carbocycles. The van der Waals surface area contributed by atoms with Gasteiger partial charge in [0.25, 0.3) is 0 Å². The number of pyridine rings is 1. The third kappa shape index (κ3) is 4.52. The van der Waals surface area contributed by atoms with Gasteiger partial charge < -0.3 is 15.6 Å². The summed E-state index contributed by atoms with van der Waals surface area (Å²) < 4.78 is 39.7. The van der Waals surface area contributed by atoms with Crippen LogP contribution in [0.3, 0.4) is 0 Å². The first kappa shape index (κ1) is 19.5. The van der Waals surface area contributed by atoms with Crippen LogP contribution in [0.1, 0.15) is 5.56 Å². The fourth-order valence-corrected chi connectivity index (χ4v) is 3.13. The van der Waals surface area contributed by atoms with Crippen molar-refractivity contribution in [1.29, 1.82) is 0 Å². The number of benzene rings is 2. The van der Waals surface area contributed by atoms with Crippen molar-refractivity contribution >= 4 is 62.8 Å². The van der Waals surface area contributed by atoms with Crippen molar-refractivity contribution < 1.29 is 13.2 Å². The fraction of sp³-hybridized carbons (Fsp3) is 0.0588. The Morgan fingerprint density at radius 3 is 2.44 bits per heavy atom. The molecule has 0 bridgehead atoms. The predicted octanol–water partition coefficient (Wildman–Crippen LogP) is 5.66. The van der Waals surface area contributed by atoms with E-state index < -0.39 is 17.3 Å². The largest absolute Gasteiger partial charge is 0.417 e. The minimum absolute atomic E-state index is 0.0694. The number of fused-ring (bicyclic) bond motifs is 1. The molecular weight excluding hydrogens is 422 g/mol. The third-order valence-corrected chi connectivity index (χ3v) is 4.34. The average molecular weight is 432 g/mol. The number of alkyl halides is 3. The lowest BCUT2D eigenvalue weighted by atomic mass is 10.1. The zero-order chi connectivity index (χ0) is 19.8. The van der Waals surface area contributed by atoms with Crippen LogP contribution in [0, 0.1) is 0 Å². The molecule has 0 unspecified atom stereocenters. The molecule has 1 heterocycles. The standard InChI is InChI=1S/C17H10Cl2F3N3OS/c18-8-1-3-14(12(19)5-8)25-16(27)23-9-2-4-13-10(6-9)11(17(20,21)22)7-15(26)24-13/h1-7H,(H,24,26)(H2,23,25,27). The molecule has 0 atom stereocenters. The van der Waals surface area contributed by atoms with Crippen molar-refractivity contribution in [3.8, 4) is 0 Å². The Hall–Kier alpha value is -2.29. The van der Waals surface area contributed by atoms with Crippen molar-refractivity contribution in [2.24, 2.45) is 0 Å². The van der Waals surface area contributed by atoms with Crippen LogP contribution in [-0.4, -0.2) is 10.1 Å². The molecule has 0 saturated heterocycles. The van der Waals surface area contributed by atoms with E-state index in [-0.39, 0.29) is 16.0 Å². The van der Waals surface area contributed by atoms with Gasteiger partial charge in [0.15, 0.2) is 5.11 Å². The number of H-pyrrole nitrogens is 1. The smallest absolute Gasteiger partial charge is 0.332 e. The molecule has 0 radical (unpaired) electrons. The van der Waals surface area contributed by atoms with Gasteiger partial charge in [0.05, 0.1) is 16.3 Å². The fourth-order valence-electron chi connectivity index (χ4n) is 2.44. The Kier molecular flexibility index (Phi) is 5.32. The van der Waals surface area contributed by atoms with Crippen molar-refractivity contribution in [3.05, 3.63) is 68.4 Å². The molecule has 10 heteroatoms. The number of rotatable bonds is 2. The Morgan fingerprint density at radius 2 is 1.78 bits per heavy atom. The van der Waals surface area contributed by atoms with E-state index in [1.54, 1.807) is 12.1 Å². The summed E-state index contributed by atoms with van der Waals surface area (Å²) in [5.74, 6) is 0. The molecule has 27 heavy (non-hydrogen) atoms. The number of hydrogen-bond donors (Lipinski definition) is 3. The zero-order valence-corrected chi connectivity index (χ0v) is 15.6. The Morgan fingerprint density at radius 1 is 1.04 bits per heavy atom. The highest BCUT2D eigenvalue weighted by molar-refractivity contribution is 7.80. The van der Waals surface area contributed by atoms with Gasteiger partial charge in [0.1, 0.15) is 0 Å². The second-order valence-corrected chi connectivity index (χ2v) is 6.76. The van der Waals surface area contributed by atoms with Gasteiger partial charge in [-0.3, -0.25) is 4.79 Å². The first-order valence-corrected chi connectivity index (χ1v) is 8.57. The highest BCUT2D eigenvalue weighted by atomic mass is 35.5. The number of nitrogens with one attached hydrogen (secondary N) is 3. The van der Waals surface area contributed by atoms with Crippen LogP contribution < -0.4 is 16.2 Å². The Bertz CT molecular complexity index is 1100. The van der Waals surface area contributed by atoms with E-state index in [4.69, 9.17) is 35.4 Å². The third-order valence-electron chi connectivity index (χ3n) is 3.59. The Labute approximate surface area is 166 Å². The molecule has 0 spiro atoms. The lowest BCUT2D eigenvalue weighted by molar-refractivity contribution is -0.136. The van der Waals surface area contributed by atoms with Crippen molar-refractivity contribution in [1.82, 2.24) is 4.98 Å². The second kappa shape index (κ2) is 7.38. The number of thiocarbonyl (C=S) groups is 1. The van der Waals surface area contributed by atoms with E-state index in [9.17, 15) is 18.0 Å². The maximum atomic E-state index is 13.2. The molecule has 4 nitrogen and oxygen atoms in total. The van der Waals surface area contributed by atoms with Gasteiger partial charge in [-0.15, -0.1) is 0 Å². The van der Waals surface area contributed by atoms with Gasteiger partial charge in [0.2, 0.25) is 5.56 Å². The summed E-state index contributed by atoms with van der Waals surface area (Å²) in [4.78, 5) is 13.8. The maximum Gasteiger partial charge on any atom is 0.417 e. The van der Waals surface area contributed by atoms with Crippen LogP contribution in [0.15, 0.2) is 47.3 Å². The average Bonchev–Trinajstić information content (AvgIpc) is 2.56. The molecular formula is C17H10Cl2F3N3OS. The molecule has 3 N–H and O–H groups in total. The zero-order valence-electron chi connectivity index (χ0n) is 13.2. The first-order valence-electron chi connectivity index (χ1n) is 7.41. The number of aromatic amines is 1. The van der Waals surface area contributed by atoms with Crippen molar-refractivity contribution in [3.63, 3.8) is 0 Å². The quantitative estimate of drug-likeness (QED) is 0.458. The summed E-state index contributed by atoms with van der Waals surface area (Å²) >= 11 is 17.0. The molecule has 1 aromatic heterocycles. The highest BCUT2D eigenvalue weighted by Crippen LogP contribution is 2.34. The molecule has 140 valence electrons. The lowest BCUT2D eigenvalue weighted by Crippen LogP contribution is -2.19. The topological polar surface area (TPSA) is 56.9 Å². The molecule has 2 aromatic carbocycles. The summed E-state index contributed by atoms with van der Waals surface area (Å²) in [6.45, 7) is 0. The predicted molar refractivity (Wildman–Crippen MR) is 106 cm³/mol. The van der Waals surface area contributed by atoms with Crippen LogP contribution >= 0.6 is 35.4 Å². The number of halogens is 5. The molecule has 0 aliphatic rings.